The molecule has 2 aromatic rings. The fraction of sp³-hybridized carbons (Fsp3) is 0.0769. The third kappa shape index (κ3) is 1.30. The van der Waals surface area contributed by atoms with E-state index in [0.717, 1.165) is 0 Å². The third-order valence-electron chi connectivity index (χ3n) is 2.51. The molecule has 0 radical (unpaired) electrons. The molecule has 1 heteroatoms. The number of fused-ring (bicyclic) bond motifs is 2. The van der Waals surface area contributed by atoms with Gasteiger partial charge in [-0.1, -0.05) is 0 Å². The molecule has 14 heavy (non-hydrogen) atoms. The van der Waals surface area contributed by atoms with Gasteiger partial charge in [0, 0.05) is 0 Å². The molecule has 1 aliphatic heterocycles. The van der Waals surface area contributed by atoms with E-state index in [9.17, 15) is 0 Å². The molecule has 0 amide bonds. The average molecular weight is 245 g/mol. The number of hydrogen-bond donors (Lipinski definition) is 0. The Morgan fingerprint density at radius 1 is 1.00 bits per heavy atom. The predicted molar refractivity (Wildman–Crippen MR) is 63.2 cm³/mol. The Kier molecular flexibility index (Phi) is 1.93. The van der Waals surface area contributed by atoms with Gasteiger partial charge in [0.15, 0.2) is 0 Å². The van der Waals surface area contributed by atoms with Gasteiger partial charge in [-0.15, -0.1) is 0 Å². The van der Waals surface area contributed by atoms with Crippen LogP contribution in [-0.2, 0) is 0 Å². The van der Waals surface area contributed by atoms with Crippen molar-refractivity contribution in [3.8, 4) is 0 Å². The fourth-order valence-electron chi connectivity index (χ4n) is 1.81. The molecule has 0 aromatic heterocycles. The zero-order valence-electron chi connectivity index (χ0n) is 7.73. The number of allylic oxidation sites excluding steroid dienone is 1. The van der Waals surface area contributed by atoms with Crippen molar-refractivity contribution in [3.05, 3.63) is 48.0 Å². The van der Waals surface area contributed by atoms with Crippen LogP contribution in [0.3, 0.4) is 0 Å². The van der Waals surface area contributed by atoms with Crippen LogP contribution in [0.2, 0.25) is 5.32 Å². The third-order valence-corrected chi connectivity index (χ3v) is 4.66. The van der Waals surface area contributed by atoms with Crippen molar-refractivity contribution >= 4 is 36.3 Å². The molecule has 68 valence electrons. The van der Waals surface area contributed by atoms with Crippen LogP contribution in [0, 0.1) is 0 Å². The summed E-state index contributed by atoms with van der Waals surface area (Å²) in [5.74, 6) is 0. The normalized spacial score (nSPS) is 14.3. The van der Waals surface area contributed by atoms with E-state index in [4.69, 9.17) is 0 Å². The summed E-state index contributed by atoms with van der Waals surface area (Å²) >= 11 is 0.647. The van der Waals surface area contributed by atoms with Gasteiger partial charge in [-0.2, -0.15) is 0 Å². The summed E-state index contributed by atoms with van der Waals surface area (Å²) < 4.78 is 1.55. The van der Waals surface area contributed by atoms with Gasteiger partial charge in [0.2, 0.25) is 0 Å². The first-order chi connectivity index (χ1) is 6.93. The molecule has 0 unspecified atom stereocenters. The van der Waals surface area contributed by atoms with Gasteiger partial charge in [-0.25, -0.2) is 0 Å². The summed E-state index contributed by atoms with van der Waals surface area (Å²) in [6.45, 7) is 0. The van der Waals surface area contributed by atoms with Crippen LogP contribution in [0.5, 0.6) is 0 Å². The molecule has 0 fully saturated rings. The molecule has 0 aliphatic carbocycles. The molecule has 0 spiro atoms. The summed E-state index contributed by atoms with van der Waals surface area (Å²) in [5, 5.41) is 3.98. The molecule has 0 N–H and O–H groups in total. The van der Waals surface area contributed by atoms with Gasteiger partial charge >= 0.3 is 89.6 Å². The maximum absolute atomic E-state index is 2.36. The van der Waals surface area contributed by atoms with Crippen molar-refractivity contribution in [2.75, 3.05) is 0 Å². The fourth-order valence-corrected chi connectivity index (χ4v) is 3.64. The van der Waals surface area contributed by atoms with Gasteiger partial charge in [0.05, 0.1) is 0 Å². The molecule has 2 aromatic carbocycles. The first-order valence-electron chi connectivity index (χ1n) is 4.76. The van der Waals surface area contributed by atoms with Crippen LogP contribution in [0.25, 0.3) is 16.8 Å². The Morgan fingerprint density at radius 3 is 2.64 bits per heavy atom. The Hall–Kier alpha value is -1.04. The second-order valence-corrected chi connectivity index (χ2v) is 5.68. The van der Waals surface area contributed by atoms with E-state index >= 15 is 0 Å². The Labute approximate surface area is 89.8 Å². The number of hydrogen-bond acceptors (Lipinski definition) is 0. The van der Waals surface area contributed by atoms with Gasteiger partial charge in [0.1, 0.15) is 0 Å². The second kappa shape index (κ2) is 3.27. The maximum atomic E-state index is 2.36. The molecule has 3 rings (SSSR count). The Morgan fingerprint density at radius 2 is 1.79 bits per heavy atom. The van der Waals surface area contributed by atoms with Crippen molar-refractivity contribution in [1.82, 2.24) is 0 Å². The Bertz CT molecular complexity index is 512. The molecule has 1 heterocycles. The minimum atomic E-state index is 0.647. The topological polar surface area (TPSA) is 0 Å². The monoisotopic (exact) mass is 246 g/mol. The van der Waals surface area contributed by atoms with Crippen molar-refractivity contribution < 1.29 is 0 Å². The molecular weight excluding hydrogens is 235 g/mol. The quantitative estimate of drug-likeness (QED) is 0.626. The van der Waals surface area contributed by atoms with Gasteiger partial charge in [0.25, 0.3) is 0 Å². The molecule has 0 atom stereocenters. The van der Waals surface area contributed by atoms with Gasteiger partial charge in [-0.3, -0.25) is 0 Å². The van der Waals surface area contributed by atoms with E-state index in [1.165, 1.54) is 21.7 Å². The summed E-state index contributed by atoms with van der Waals surface area (Å²) in [6.07, 6.45) is 4.55. The molecule has 1 aliphatic rings. The van der Waals surface area contributed by atoms with Gasteiger partial charge in [-0.05, 0) is 0 Å². The van der Waals surface area contributed by atoms with E-state index in [0.29, 0.717) is 15.0 Å². The zero-order valence-corrected chi connectivity index (χ0v) is 9.45. The van der Waals surface area contributed by atoms with E-state index in [-0.39, 0.29) is 0 Å². The summed E-state index contributed by atoms with van der Waals surface area (Å²) in [4.78, 5) is 0. The van der Waals surface area contributed by atoms with E-state index in [1.807, 2.05) is 0 Å². The molecule has 0 nitrogen and oxygen atoms in total. The van der Waals surface area contributed by atoms with Crippen molar-refractivity contribution in [2.45, 2.75) is 5.32 Å². The molecule has 0 saturated heterocycles. The van der Waals surface area contributed by atoms with Crippen molar-refractivity contribution in [2.24, 2.45) is 0 Å². The van der Waals surface area contributed by atoms with Crippen LogP contribution in [0.1, 0.15) is 5.56 Å². The minimum absolute atomic E-state index is 0.647. The average Bonchev–Trinajstić information content (AvgIpc) is 2.26. The number of benzene rings is 2. The predicted octanol–water partition coefficient (Wildman–Crippen LogP) is 2.61. The van der Waals surface area contributed by atoms with E-state index in [1.54, 1.807) is 4.46 Å². The van der Waals surface area contributed by atoms with Gasteiger partial charge < -0.3 is 0 Å². The molecule has 0 saturated carbocycles. The van der Waals surface area contributed by atoms with E-state index < -0.39 is 0 Å². The van der Waals surface area contributed by atoms with Crippen LogP contribution < -0.4 is 4.46 Å². The SMILES string of the molecule is C1=Cc2cc3ccccc3cc2[Se]C1. The summed E-state index contributed by atoms with van der Waals surface area (Å²) in [7, 11) is 0. The van der Waals surface area contributed by atoms with Crippen LogP contribution in [-0.4, -0.2) is 15.0 Å². The molecular formula is C13H10Se. The second-order valence-electron chi connectivity index (χ2n) is 3.45. The van der Waals surface area contributed by atoms with Crippen LogP contribution in [0.4, 0.5) is 0 Å². The van der Waals surface area contributed by atoms with Crippen LogP contribution in [0.15, 0.2) is 42.5 Å². The first-order valence-corrected chi connectivity index (χ1v) is 6.82. The Balaban J connectivity index is 2.34. The van der Waals surface area contributed by atoms with E-state index in [2.05, 4.69) is 48.6 Å². The zero-order chi connectivity index (χ0) is 9.38. The molecule has 0 bridgehead atoms. The summed E-state index contributed by atoms with van der Waals surface area (Å²) in [5.41, 5.74) is 1.43. The standard InChI is InChI=1S/C13H10Se/c1-2-5-11-9-13-12(6-3-7-14-13)8-10(11)4-1/h1-6,8-9H,7H2. The van der Waals surface area contributed by atoms with Crippen molar-refractivity contribution in [1.29, 1.82) is 0 Å². The summed E-state index contributed by atoms with van der Waals surface area (Å²) in [6, 6.07) is 13.3. The van der Waals surface area contributed by atoms with Crippen molar-refractivity contribution in [3.63, 3.8) is 0 Å². The number of rotatable bonds is 0. The first kappa shape index (κ1) is 8.28. The van der Waals surface area contributed by atoms with Crippen LogP contribution >= 0.6 is 0 Å².